The number of halogens is 1. The number of piperidine rings is 1. The summed E-state index contributed by atoms with van der Waals surface area (Å²) >= 11 is 6.40. The second kappa shape index (κ2) is 12.2. The Bertz CT molecular complexity index is 649. The van der Waals surface area contributed by atoms with Crippen LogP contribution in [0.2, 0.25) is 0 Å². The summed E-state index contributed by atoms with van der Waals surface area (Å²) in [4.78, 5) is 2.77. The van der Waals surface area contributed by atoms with Gasteiger partial charge in [0.2, 0.25) is 0 Å². The minimum atomic E-state index is 0.407. The van der Waals surface area contributed by atoms with Crippen LogP contribution < -0.4 is 16.0 Å². The van der Waals surface area contributed by atoms with Crippen molar-refractivity contribution in [2.45, 2.75) is 109 Å². The fourth-order valence-corrected chi connectivity index (χ4v) is 7.60. The van der Waals surface area contributed by atoms with Gasteiger partial charge >= 0.3 is 0 Å². The van der Waals surface area contributed by atoms with Crippen molar-refractivity contribution in [3.05, 3.63) is 11.9 Å². The molecule has 4 rings (SSSR count). The molecule has 3 fully saturated rings. The molecule has 4 nitrogen and oxygen atoms in total. The monoisotopic (exact) mass is 492 g/mol. The molecule has 2 heterocycles. The van der Waals surface area contributed by atoms with Crippen molar-refractivity contribution in [1.29, 1.82) is 0 Å². The van der Waals surface area contributed by atoms with Crippen molar-refractivity contribution >= 4 is 11.6 Å². The Hall–Kier alpha value is -0.450. The van der Waals surface area contributed by atoms with E-state index in [0.717, 1.165) is 24.9 Å². The number of hydrogen-bond donors (Lipinski definition) is 3. The van der Waals surface area contributed by atoms with Crippen LogP contribution in [0.15, 0.2) is 11.9 Å². The van der Waals surface area contributed by atoms with E-state index in [4.69, 9.17) is 11.6 Å². The number of nitrogens with one attached hydrogen (secondary N) is 3. The fourth-order valence-electron chi connectivity index (χ4n) is 7.35. The molecule has 0 radical (unpaired) electrons. The van der Waals surface area contributed by atoms with E-state index in [1.54, 1.807) is 0 Å². The van der Waals surface area contributed by atoms with Gasteiger partial charge in [-0.05, 0) is 93.1 Å². The Morgan fingerprint density at radius 3 is 2.44 bits per heavy atom. The summed E-state index contributed by atoms with van der Waals surface area (Å²) in [6, 6.07) is 1.27. The number of hydrogen-bond acceptors (Lipinski definition) is 4. The van der Waals surface area contributed by atoms with Crippen LogP contribution in [-0.4, -0.2) is 55.1 Å². The lowest BCUT2D eigenvalue weighted by molar-refractivity contribution is 0.00466. The Labute approximate surface area is 215 Å². The molecule has 4 aliphatic rings. The molecule has 34 heavy (non-hydrogen) atoms. The summed E-state index contributed by atoms with van der Waals surface area (Å²) in [5.41, 5.74) is 0.407. The van der Waals surface area contributed by atoms with Crippen LogP contribution in [0.5, 0.6) is 0 Å². The van der Waals surface area contributed by atoms with Crippen LogP contribution in [0.1, 0.15) is 91.9 Å². The van der Waals surface area contributed by atoms with E-state index in [1.165, 1.54) is 89.7 Å². The summed E-state index contributed by atoms with van der Waals surface area (Å²) in [6.07, 6.45) is 15.5. The molecular formula is C29H53ClN4. The Morgan fingerprint density at radius 1 is 1.09 bits per heavy atom. The SMILES string of the molecule is CC(C)[C@H](CN1CCC(C2CCC(Cl)CC2)C(C)(C)C1)NCC1CC=C(NC2CCCC2)NC1. The number of rotatable bonds is 9. The summed E-state index contributed by atoms with van der Waals surface area (Å²) in [7, 11) is 0. The van der Waals surface area contributed by atoms with Gasteiger partial charge in [0.15, 0.2) is 0 Å². The van der Waals surface area contributed by atoms with E-state index in [1.807, 2.05) is 0 Å². The van der Waals surface area contributed by atoms with Gasteiger partial charge in [-0.1, -0.05) is 40.5 Å². The van der Waals surface area contributed by atoms with Gasteiger partial charge in [0, 0.05) is 43.6 Å². The van der Waals surface area contributed by atoms with E-state index in [-0.39, 0.29) is 0 Å². The van der Waals surface area contributed by atoms with Crippen LogP contribution >= 0.6 is 11.6 Å². The zero-order valence-electron chi connectivity index (χ0n) is 22.6. The highest BCUT2D eigenvalue weighted by Gasteiger charge is 2.41. The maximum absolute atomic E-state index is 6.40. The molecule has 196 valence electrons. The highest BCUT2D eigenvalue weighted by Crippen LogP contribution is 2.45. The molecular weight excluding hydrogens is 440 g/mol. The molecule has 2 saturated carbocycles. The fraction of sp³-hybridized carbons (Fsp3) is 0.931. The Kier molecular flexibility index (Phi) is 9.54. The summed E-state index contributed by atoms with van der Waals surface area (Å²) in [5, 5.41) is 11.8. The van der Waals surface area contributed by atoms with E-state index in [9.17, 15) is 0 Å². The molecule has 5 heteroatoms. The van der Waals surface area contributed by atoms with Crippen molar-refractivity contribution in [2.75, 3.05) is 32.7 Å². The third-order valence-electron chi connectivity index (χ3n) is 9.54. The Balaban J connectivity index is 1.22. The number of nitrogens with zero attached hydrogens (tertiary/aromatic N) is 1. The van der Waals surface area contributed by atoms with Gasteiger partial charge in [0.1, 0.15) is 0 Å². The van der Waals surface area contributed by atoms with E-state index in [0.29, 0.717) is 34.7 Å². The van der Waals surface area contributed by atoms with Gasteiger partial charge < -0.3 is 20.9 Å². The third kappa shape index (κ3) is 7.29. The van der Waals surface area contributed by atoms with Gasteiger partial charge in [-0.2, -0.15) is 0 Å². The first-order valence-corrected chi connectivity index (χ1v) is 15.0. The smallest absolute Gasteiger partial charge is 0.0947 e. The van der Waals surface area contributed by atoms with Gasteiger partial charge in [-0.25, -0.2) is 0 Å². The first-order valence-electron chi connectivity index (χ1n) is 14.6. The molecule has 0 bridgehead atoms. The first-order chi connectivity index (χ1) is 16.3. The molecule has 3 atom stereocenters. The lowest BCUT2D eigenvalue weighted by Crippen LogP contribution is -2.53. The van der Waals surface area contributed by atoms with Crippen LogP contribution in [0.3, 0.4) is 0 Å². The van der Waals surface area contributed by atoms with Gasteiger partial charge in [0.05, 0.1) is 5.82 Å². The summed E-state index contributed by atoms with van der Waals surface area (Å²) in [5.74, 6) is 4.39. The molecule has 2 aliphatic carbocycles. The highest BCUT2D eigenvalue weighted by molar-refractivity contribution is 6.20. The summed E-state index contributed by atoms with van der Waals surface area (Å²) in [6.45, 7) is 15.8. The van der Waals surface area contributed by atoms with E-state index in [2.05, 4.69) is 54.6 Å². The van der Waals surface area contributed by atoms with Crippen molar-refractivity contribution in [1.82, 2.24) is 20.9 Å². The molecule has 0 spiro atoms. The molecule has 2 unspecified atom stereocenters. The second-order valence-electron chi connectivity index (χ2n) is 13.1. The van der Waals surface area contributed by atoms with Crippen molar-refractivity contribution in [3.8, 4) is 0 Å². The maximum Gasteiger partial charge on any atom is 0.0947 e. The van der Waals surface area contributed by atoms with E-state index >= 15 is 0 Å². The van der Waals surface area contributed by atoms with Gasteiger partial charge in [-0.15, -0.1) is 11.6 Å². The minimum absolute atomic E-state index is 0.407. The molecule has 0 amide bonds. The lowest BCUT2D eigenvalue weighted by atomic mass is 9.64. The van der Waals surface area contributed by atoms with Crippen molar-refractivity contribution < 1.29 is 0 Å². The van der Waals surface area contributed by atoms with Crippen molar-refractivity contribution in [2.24, 2.45) is 29.1 Å². The molecule has 2 aliphatic heterocycles. The van der Waals surface area contributed by atoms with Gasteiger partial charge in [0.25, 0.3) is 0 Å². The largest absolute Gasteiger partial charge is 0.372 e. The third-order valence-corrected chi connectivity index (χ3v) is 9.98. The number of allylic oxidation sites excluding steroid dienone is 1. The van der Waals surface area contributed by atoms with Crippen LogP contribution in [0, 0.1) is 29.1 Å². The minimum Gasteiger partial charge on any atom is -0.372 e. The average Bonchev–Trinajstić information content (AvgIpc) is 3.31. The molecule has 3 N–H and O–H groups in total. The number of alkyl halides is 1. The zero-order valence-corrected chi connectivity index (χ0v) is 23.3. The van der Waals surface area contributed by atoms with E-state index < -0.39 is 0 Å². The maximum atomic E-state index is 6.40. The molecule has 0 aromatic rings. The predicted octanol–water partition coefficient (Wildman–Crippen LogP) is 5.73. The molecule has 0 aromatic carbocycles. The van der Waals surface area contributed by atoms with Gasteiger partial charge in [-0.3, -0.25) is 0 Å². The Morgan fingerprint density at radius 2 is 1.82 bits per heavy atom. The standard InChI is InChI=1S/C29H53ClN4/c1-21(2)27(31-17-22-9-14-28(32-18-22)33-25-7-5-6-8-25)19-34-16-15-26(29(3,4)20-34)23-10-12-24(30)13-11-23/h14,21-27,31-33H,5-13,15-20H2,1-4H3/t22?,23?,24?,26?,27-/m0/s1. The second-order valence-corrected chi connectivity index (χ2v) is 13.7. The number of likely N-dealkylation sites (tertiary alicyclic amines) is 1. The summed E-state index contributed by atoms with van der Waals surface area (Å²) < 4.78 is 0. The normalized spacial score (nSPS) is 34.0. The van der Waals surface area contributed by atoms with Crippen molar-refractivity contribution in [3.63, 3.8) is 0 Å². The zero-order chi connectivity index (χ0) is 24.1. The van der Waals surface area contributed by atoms with Crippen LogP contribution in [0.4, 0.5) is 0 Å². The lowest BCUT2D eigenvalue weighted by Gasteiger charge is -2.49. The van der Waals surface area contributed by atoms with Crippen LogP contribution in [-0.2, 0) is 0 Å². The van der Waals surface area contributed by atoms with Crippen LogP contribution in [0.25, 0.3) is 0 Å². The molecule has 0 aromatic heterocycles. The molecule has 1 saturated heterocycles. The predicted molar refractivity (Wildman–Crippen MR) is 146 cm³/mol. The first kappa shape index (κ1) is 26.6. The highest BCUT2D eigenvalue weighted by atomic mass is 35.5. The quantitative estimate of drug-likeness (QED) is 0.359. The average molecular weight is 493 g/mol. The topological polar surface area (TPSA) is 39.3 Å².